The summed E-state index contributed by atoms with van der Waals surface area (Å²) in [5.74, 6) is 1.40. The fourth-order valence-electron chi connectivity index (χ4n) is 1.74. The Morgan fingerprint density at radius 3 is 2.70 bits per heavy atom. The van der Waals surface area contributed by atoms with Crippen LogP contribution in [0.3, 0.4) is 0 Å². The zero-order valence-corrected chi connectivity index (χ0v) is 12.0. The first-order chi connectivity index (χ1) is 9.47. The summed E-state index contributed by atoms with van der Waals surface area (Å²) >= 11 is 6.06. The second-order valence-electron chi connectivity index (χ2n) is 4.72. The van der Waals surface area contributed by atoms with Crippen molar-refractivity contribution in [1.82, 2.24) is 5.32 Å². The van der Waals surface area contributed by atoms with Gasteiger partial charge in [0.25, 0.3) is 5.69 Å². The number of hydrogen-bond donors (Lipinski definition) is 1. The van der Waals surface area contributed by atoms with Crippen LogP contribution in [0.15, 0.2) is 34.7 Å². The number of nitro groups is 1. The predicted molar refractivity (Wildman–Crippen MR) is 77.8 cm³/mol. The van der Waals surface area contributed by atoms with Gasteiger partial charge >= 0.3 is 0 Å². The van der Waals surface area contributed by atoms with E-state index in [-0.39, 0.29) is 5.69 Å². The lowest BCUT2D eigenvalue weighted by Crippen LogP contribution is -2.21. The van der Waals surface area contributed by atoms with E-state index in [2.05, 4.69) is 19.2 Å². The van der Waals surface area contributed by atoms with Gasteiger partial charge in [0, 0.05) is 23.7 Å². The zero-order valence-electron chi connectivity index (χ0n) is 11.2. The van der Waals surface area contributed by atoms with Crippen LogP contribution in [0.1, 0.15) is 19.6 Å². The summed E-state index contributed by atoms with van der Waals surface area (Å²) in [6, 6.07) is 8.37. The standard InChI is InChI=1S/C14H15ClN2O3/c1-9(2)16-8-11-4-6-14(20-11)12-5-3-10(17(18)19)7-13(12)15/h3-7,9,16H,8H2,1-2H3. The van der Waals surface area contributed by atoms with Crippen LogP contribution in [0.4, 0.5) is 5.69 Å². The van der Waals surface area contributed by atoms with E-state index in [1.165, 1.54) is 12.1 Å². The molecule has 1 aromatic carbocycles. The molecule has 6 heteroatoms. The first-order valence-corrected chi connectivity index (χ1v) is 6.61. The van der Waals surface area contributed by atoms with Crippen molar-refractivity contribution in [3.05, 3.63) is 51.2 Å². The molecule has 1 heterocycles. The molecule has 0 fully saturated rings. The second kappa shape index (κ2) is 6.07. The molecule has 0 aliphatic rings. The highest BCUT2D eigenvalue weighted by Crippen LogP contribution is 2.32. The lowest BCUT2D eigenvalue weighted by atomic mass is 10.1. The van der Waals surface area contributed by atoms with E-state index in [0.29, 0.717) is 28.9 Å². The van der Waals surface area contributed by atoms with Gasteiger partial charge in [0.15, 0.2) is 0 Å². The highest BCUT2D eigenvalue weighted by molar-refractivity contribution is 6.33. The van der Waals surface area contributed by atoms with E-state index in [0.717, 1.165) is 5.76 Å². The van der Waals surface area contributed by atoms with E-state index in [4.69, 9.17) is 16.0 Å². The van der Waals surface area contributed by atoms with Gasteiger partial charge in [-0.3, -0.25) is 10.1 Å². The van der Waals surface area contributed by atoms with Crippen molar-refractivity contribution in [2.24, 2.45) is 0 Å². The molecule has 0 spiro atoms. The lowest BCUT2D eigenvalue weighted by molar-refractivity contribution is -0.384. The molecular formula is C14H15ClN2O3. The van der Waals surface area contributed by atoms with Gasteiger partial charge in [-0.25, -0.2) is 0 Å². The number of benzene rings is 1. The van der Waals surface area contributed by atoms with E-state index >= 15 is 0 Å². The molecule has 1 N–H and O–H groups in total. The Bertz CT molecular complexity index is 623. The highest BCUT2D eigenvalue weighted by atomic mass is 35.5. The van der Waals surface area contributed by atoms with Crippen molar-refractivity contribution in [2.45, 2.75) is 26.4 Å². The average Bonchev–Trinajstić information content (AvgIpc) is 2.84. The Morgan fingerprint density at radius 1 is 1.35 bits per heavy atom. The van der Waals surface area contributed by atoms with Gasteiger partial charge < -0.3 is 9.73 Å². The quantitative estimate of drug-likeness (QED) is 0.668. The van der Waals surface area contributed by atoms with Crippen LogP contribution in [0.2, 0.25) is 5.02 Å². The minimum atomic E-state index is -0.476. The lowest BCUT2D eigenvalue weighted by Gasteiger charge is -2.05. The van der Waals surface area contributed by atoms with Crippen molar-refractivity contribution in [3.63, 3.8) is 0 Å². The molecular weight excluding hydrogens is 280 g/mol. The van der Waals surface area contributed by atoms with Gasteiger partial charge in [-0.15, -0.1) is 0 Å². The van der Waals surface area contributed by atoms with Gasteiger partial charge in [-0.1, -0.05) is 25.4 Å². The van der Waals surface area contributed by atoms with Gasteiger partial charge in [-0.2, -0.15) is 0 Å². The molecule has 0 unspecified atom stereocenters. The molecule has 0 saturated carbocycles. The molecule has 20 heavy (non-hydrogen) atoms. The van der Waals surface area contributed by atoms with Crippen LogP contribution >= 0.6 is 11.6 Å². The van der Waals surface area contributed by atoms with Crippen LogP contribution in [-0.2, 0) is 6.54 Å². The maximum Gasteiger partial charge on any atom is 0.270 e. The molecule has 0 amide bonds. The Labute approximate surface area is 121 Å². The molecule has 0 saturated heterocycles. The summed E-state index contributed by atoms with van der Waals surface area (Å²) in [6.45, 7) is 4.73. The number of nitrogens with one attached hydrogen (secondary N) is 1. The number of non-ortho nitro benzene ring substituents is 1. The monoisotopic (exact) mass is 294 g/mol. The summed E-state index contributed by atoms with van der Waals surface area (Å²) in [5.41, 5.74) is 0.611. The third-order valence-electron chi connectivity index (χ3n) is 2.78. The molecule has 0 aliphatic carbocycles. The Hall–Kier alpha value is -1.85. The first-order valence-electron chi connectivity index (χ1n) is 6.24. The molecule has 2 aromatic rings. The Kier molecular flexibility index (Phi) is 4.42. The third-order valence-corrected chi connectivity index (χ3v) is 3.09. The van der Waals surface area contributed by atoms with Crippen molar-refractivity contribution in [1.29, 1.82) is 0 Å². The van der Waals surface area contributed by atoms with Crippen LogP contribution in [0, 0.1) is 10.1 Å². The number of hydrogen-bond acceptors (Lipinski definition) is 4. The molecule has 106 valence electrons. The SMILES string of the molecule is CC(C)NCc1ccc(-c2ccc([N+](=O)[O-])cc2Cl)o1. The van der Waals surface area contributed by atoms with E-state index in [1.54, 1.807) is 6.07 Å². The minimum absolute atomic E-state index is 0.0352. The minimum Gasteiger partial charge on any atom is -0.460 e. The molecule has 0 radical (unpaired) electrons. The number of nitro benzene ring substituents is 1. The van der Waals surface area contributed by atoms with E-state index in [9.17, 15) is 10.1 Å². The topological polar surface area (TPSA) is 68.3 Å². The van der Waals surface area contributed by atoms with E-state index < -0.39 is 4.92 Å². The van der Waals surface area contributed by atoms with Crippen molar-refractivity contribution < 1.29 is 9.34 Å². The zero-order chi connectivity index (χ0) is 14.7. The number of halogens is 1. The maximum atomic E-state index is 10.7. The number of nitrogens with zero attached hydrogens (tertiary/aromatic N) is 1. The number of furan rings is 1. The first kappa shape index (κ1) is 14.6. The van der Waals surface area contributed by atoms with Crippen molar-refractivity contribution in [3.8, 4) is 11.3 Å². The highest BCUT2D eigenvalue weighted by Gasteiger charge is 2.13. The Balaban J connectivity index is 2.21. The van der Waals surface area contributed by atoms with Crippen LogP contribution in [-0.4, -0.2) is 11.0 Å². The fraction of sp³-hybridized carbons (Fsp3) is 0.286. The fourth-order valence-corrected chi connectivity index (χ4v) is 2.01. The third kappa shape index (κ3) is 3.37. The summed E-state index contributed by atoms with van der Waals surface area (Å²) in [4.78, 5) is 10.2. The summed E-state index contributed by atoms with van der Waals surface area (Å²) < 4.78 is 5.68. The van der Waals surface area contributed by atoms with Gasteiger partial charge in [0.1, 0.15) is 11.5 Å². The van der Waals surface area contributed by atoms with Crippen LogP contribution in [0.25, 0.3) is 11.3 Å². The molecule has 0 bridgehead atoms. The molecule has 2 rings (SSSR count). The van der Waals surface area contributed by atoms with Crippen LogP contribution < -0.4 is 5.32 Å². The Morgan fingerprint density at radius 2 is 2.10 bits per heavy atom. The van der Waals surface area contributed by atoms with Gasteiger partial charge in [0.2, 0.25) is 0 Å². The molecule has 5 nitrogen and oxygen atoms in total. The van der Waals surface area contributed by atoms with Crippen molar-refractivity contribution in [2.75, 3.05) is 0 Å². The smallest absolute Gasteiger partial charge is 0.270 e. The summed E-state index contributed by atoms with van der Waals surface area (Å²) in [7, 11) is 0. The number of rotatable bonds is 5. The largest absolute Gasteiger partial charge is 0.460 e. The summed E-state index contributed by atoms with van der Waals surface area (Å²) in [6.07, 6.45) is 0. The van der Waals surface area contributed by atoms with Crippen LogP contribution in [0.5, 0.6) is 0 Å². The second-order valence-corrected chi connectivity index (χ2v) is 5.13. The summed E-state index contributed by atoms with van der Waals surface area (Å²) in [5, 5.41) is 14.2. The van der Waals surface area contributed by atoms with Crippen molar-refractivity contribution >= 4 is 17.3 Å². The predicted octanol–water partition coefficient (Wildman–Crippen LogP) is 4.01. The molecule has 1 aromatic heterocycles. The maximum absolute atomic E-state index is 10.7. The normalized spacial score (nSPS) is 11.0. The average molecular weight is 295 g/mol. The molecule has 0 atom stereocenters. The molecule has 0 aliphatic heterocycles. The van der Waals surface area contributed by atoms with E-state index in [1.807, 2.05) is 12.1 Å². The van der Waals surface area contributed by atoms with Gasteiger partial charge in [0.05, 0.1) is 16.5 Å². The van der Waals surface area contributed by atoms with Gasteiger partial charge in [-0.05, 0) is 18.2 Å².